The second-order valence-corrected chi connectivity index (χ2v) is 8.46. The van der Waals surface area contributed by atoms with E-state index in [-0.39, 0.29) is 6.04 Å². The number of thiophene rings is 2. The first kappa shape index (κ1) is 12.9. The van der Waals surface area contributed by atoms with Crippen molar-refractivity contribution in [1.82, 2.24) is 0 Å². The Morgan fingerprint density at radius 2 is 1.89 bits per heavy atom. The smallest absolute Gasteiger partial charge is 0.0740 e. The lowest BCUT2D eigenvalue weighted by Gasteiger charge is -2.08. The lowest BCUT2D eigenvalue weighted by Crippen LogP contribution is -2.08. The summed E-state index contributed by atoms with van der Waals surface area (Å²) in [6, 6.07) is 4.60. The van der Waals surface area contributed by atoms with Gasteiger partial charge >= 0.3 is 0 Å². The molecule has 1 aliphatic rings. The first-order chi connectivity index (χ1) is 8.65. The van der Waals surface area contributed by atoms with Crippen LogP contribution in [0.1, 0.15) is 44.6 Å². The van der Waals surface area contributed by atoms with Gasteiger partial charge in [-0.15, -0.1) is 22.7 Å². The molecular formula is C14H16BrNS2. The van der Waals surface area contributed by atoms with E-state index in [2.05, 4.69) is 35.0 Å². The van der Waals surface area contributed by atoms with E-state index in [1.807, 2.05) is 11.3 Å². The van der Waals surface area contributed by atoms with Crippen LogP contribution in [-0.2, 0) is 12.8 Å². The van der Waals surface area contributed by atoms with Gasteiger partial charge in [-0.2, -0.15) is 0 Å². The lowest BCUT2D eigenvalue weighted by atomic mass is 9.99. The Kier molecular flexibility index (Phi) is 3.63. The molecule has 96 valence electrons. The molecule has 0 aliphatic heterocycles. The average molecular weight is 342 g/mol. The molecule has 2 N–H and O–H groups in total. The van der Waals surface area contributed by atoms with E-state index >= 15 is 0 Å². The van der Waals surface area contributed by atoms with Crippen LogP contribution in [0.2, 0.25) is 0 Å². The van der Waals surface area contributed by atoms with Gasteiger partial charge in [-0.05, 0) is 71.8 Å². The summed E-state index contributed by atoms with van der Waals surface area (Å²) in [6.07, 6.45) is 5.17. The van der Waals surface area contributed by atoms with Crippen LogP contribution in [0.5, 0.6) is 0 Å². The predicted octanol–water partition coefficient (Wildman–Crippen LogP) is 4.81. The Hall–Kier alpha value is -0.160. The van der Waals surface area contributed by atoms with Crippen LogP contribution in [0, 0.1) is 6.92 Å². The van der Waals surface area contributed by atoms with Gasteiger partial charge in [0.15, 0.2) is 0 Å². The van der Waals surface area contributed by atoms with Crippen molar-refractivity contribution < 1.29 is 0 Å². The number of halogens is 1. The summed E-state index contributed by atoms with van der Waals surface area (Å²) in [5.41, 5.74) is 9.24. The van der Waals surface area contributed by atoms with Crippen LogP contribution in [0.3, 0.4) is 0 Å². The van der Waals surface area contributed by atoms with Crippen LogP contribution < -0.4 is 5.73 Å². The van der Waals surface area contributed by atoms with Crippen molar-refractivity contribution in [3.63, 3.8) is 0 Å². The van der Waals surface area contributed by atoms with E-state index < -0.39 is 0 Å². The number of hydrogen-bond acceptors (Lipinski definition) is 3. The van der Waals surface area contributed by atoms with Crippen LogP contribution in [0.15, 0.2) is 15.9 Å². The van der Waals surface area contributed by atoms with Crippen molar-refractivity contribution in [1.29, 1.82) is 0 Å². The summed E-state index contributed by atoms with van der Waals surface area (Å²) in [5, 5.41) is 0. The Morgan fingerprint density at radius 3 is 2.56 bits per heavy atom. The van der Waals surface area contributed by atoms with Gasteiger partial charge in [0.2, 0.25) is 0 Å². The number of aryl methyl sites for hydroxylation is 3. The van der Waals surface area contributed by atoms with Gasteiger partial charge in [-0.25, -0.2) is 0 Å². The molecule has 4 heteroatoms. The van der Waals surface area contributed by atoms with Crippen LogP contribution in [-0.4, -0.2) is 0 Å². The SMILES string of the molecule is Cc1cc(C(N)c2cc3c(s2)CCCC3)sc1Br. The molecule has 1 unspecified atom stereocenters. The van der Waals surface area contributed by atoms with Gasteiger partial charge in [-0.1, -0.05) is 0 Å². The van der Waals surface area contributed by atoms with Crippen LogP contribution >= 0.6 is 38.6 Å². The van der Waals surface area contributed by atoms with E-state index in [9.17, 15) is 0 Å². The summed E-state index contributed by atoms with van der Waals surface area (Å²) in [4.78, 5) is 4.16. The molecule has 0 bridgehead atoms. The molecule has 1 nitrogen and oxygen atoms in total. The Balaban J connectivity index is 1.92. The molecule has 0 aromatic carbocycles. The van der Waals surface area contributed by atoms with Gasteiger partial charge in [-0.3, -0.25) is 0 Å². The summed E-state index contributed by atoms with van der Waals surface area (Å²) in [5.74, 6) is 0. The standard InChI is InChI=1S/C14H16BrNS2/c1-8-6-11(18-14(8)15)13(16)12-7-9-4-2-3-5-10(9)17-12/h6-7,13H,2-5,16H2,1H3. The molecule has 0 saturated heterocycles. The number of nitrogens with two attached hydrogens (primary N) is 1. The van der Waals surface area contributed by atoms with Gasteiger partial charge in [0.25, 0.3) is 0 Å². The maximum absolute atomic E-state index is 6.41. The fraction of sp³-hybridized carbons (Fsp3) is 0.429. The molecule has 3 rings (SSSR count). The zero-order chi connectivity index (χ0) is 12.7. The van der Waals surface area contributed by atoms with E-state index in [0.717, 1.165) is 0 Å². The van der Waals surface area contributed by atoms with Gasteiger partial charge < -0.3 is 5.73 Å². The fourth-order valence-electron chi connectivity index (χ4n) is 2.44. The Labute approximate surface area is 124 Å². The van der Waals surface area contributed by atoms with E-state index in [1.165, 1.54) is 44.8 Å². The molecule has 1 aliphatic carbocycles. The van der Waals surface area contributed by atoms with E-state index in [1.54, 1.807) is 21.8 Å². The first-order valence-electron chi connectivity index (χ1n) is 6.28. The van der Waals surface area contributed by atoms with Gasteiger partial charge in [0.1, 0.15) is 0 Å². The van der Waals surface area contributed by atoms with E-state index in [4.69, 9.17) is 5.73 Å². The minimum atomic E-state index is 0.0515. The Bertz CT molecular complexity index is 527. The zero-order valence-electron chi connectivity index (χ0n) is 10.3. The largest absolute Gasteiger partial charge is 0.319 e. The second-order valence-electron chi connectivity index (χ2n) is 4.89. The minimum absolute atomic E-state index is 0.0515. The zero-order valence-corrected chi connectivity index (χ0v) is 13.6. The summed E-state index contributed by atoms with van der Waals surface area (Å²) in [7, 11) is 0. The van der Waals surface area contributed by atoms with Crippen LogP contribution in [0.25, 0.3) is 0 Å². The molecule has 0 saturated carbocycles. The second kappa shape index (κ2) is 5.08. The minimum Gasteiger partial charge on any atom is -0.319 e. The molecule has 2 aromatic heterocycles. The van der Waals surface area contributed by atoms with Crippen molar-refractivity contribution in [2.24, 2.45) is 5.73 Å². The highest BCUT2D eigenvalue weighted by Crippen LogP contribution is 2.38. The monoisotopic (exact) mass is 341 g/mol. The number of fused-ring (bicyclic) bond motifs is 1. The highest BCUT2D eigenvalue weighted by Gasteiger charge is 2.19. The molecule has 2 aromatic rings. The molecule has 0 amide bonds. The molecule has 2 heterocycles. The maximum atomic E-state index is 6.41. The highest BCUT2D eigenvalue weighted by molar-refractivity contribution is 9.11. The quantitative estimate of drug-likeness (QED) is 0.833. The normalized spacial score (nSPS) is 16.6. The van der Waals surface area contributed by atoms with Crippen molar-refractivity contribution in [3.05, 3.63) is 41.7 Å². The molecular weight excluding hydrogens is 326 g/mol. The average Bonchev–Trinajstić information content (AvgIpc) is 2.93. The molecule has 0 spiro atoms. The first-order valence-corrected chi connectivity index (χ1v) is 8.70. The van der Waals surface area contributed by atoms with Crippen molar-refractivity contribution in [3.8, 4) is 0 Å². The topological polar surface area (TPSA) is 26.0 Å². The molecule has 0 radical (unpaired) electrons. The third kappa shape index (κ3) is 2.31. The van der Waals surface area contributed by atoms with Gasteiger partial charge in [0, 0.05) is 14.6 Å². The number of rotatable bonds is 2. The van der Waals surface area contributed by atoms with Crippen molar-refractivity contribution in [2.75, 3.05) is 0 Å². The highest BCUT2D eigenvalue weighted by atomic mass is 79.9. The number of hydrogen-bond donors (Lipinski definition) is 1. The summed E-state index contributed by atoms with van der Waals surface area (Å²) >= 11 is 7.26. The molecule has 0 fully saturated rings. The summed E-state index contributed by atoms with van der Waals surface area (Å²) in [6.45, 7) is 2.12. The summed E-state index contributed by atoms with van der Waals surface area (Å²) < 4.78 is 1.20. The van der Waals surface area contributed by atoms with Crippen LogP contribution in [0.4, 0.5) is 0 Å². The lowest BCUT2D eigenvalue weighted by molar-refractivity contribution is 0.696. The maximum Gasteiger partial charge on any atom is 0.0740 e. The molecule has 1 atom stereocenters. The van der Waals surface area contributed by atoms with Crippen molar-refractivity contribution in [2.45, 2.75) is 38.6 Å². The third-order valence-corrected chi connectivity index (χ3v) is 7.04. The van der Waals surface area contributed by atoms with E-state index in [0.29, 0.717) is 0 Å². The Morgan fingerprint density at radius 1 is 1.17 bits per heavy atom. The van der Waals surface area contributed by atoms with Crippen molar-refractivity contribution >= 4 is 38.6 Å². The fourth-order valence-corrected chi connectivity index (χ4v) is 5.39. The predicted molar refractivity (Wildman–Crippen MR) is 83.7 cm³/mol. The van der Waals surface area contributed by atoms with Gasteiger partial charge in [0.05, 0.1) is 9.83 Å². The third-order valence-electron chi connectivity index (χ3n) is 3.50. The molecule has 18 heavy (non-hydrogen) atoms.